The Morgan fingerprint density at radius 2 is 2.36 bits per heavy atom. The molecule has 0 saturated heterocycles. The van der Waals surface area contributed by atoms with Crippen LogP contribution in [0.15, 0.2) is 16.7 Å². The van der Waals surface area contributed by atoms with Crippen LogP contribution in [0.4, 0.5) is 5.82 Å². The summed E-state index contributed by atoms with van der Waals surface area (Å²) in [6.45, 7) is 1.06. The molecular formula is C10H12BrClN2. The van der Waals surface area contributed by atoms with Gasteiger partial charge in [-0.3, -0.25) is 0 Å². The van der Waals surface area contributed by atoms with Crippen molar-refractivity contribution in [2.45, 2.75) is 12.8 Å². The normalized spacial score (nSPS) is 15.6. The van der Waals surface area contributed by atoms with E-state index >= 15 is 0 Å². The van der Waals surface area contributed by atoms with E-state index in [1.54, 1.807) is 6.20 Å². The lowest BCUT2D eigenvalue weighted by molar-refractivity contribution is 0.777. The van der Waals surface area contributed by atoms with Crippen LogP contribution < -0.4 is 4.90 Å². The zero-order valence-electron chi connectivity index (χ0n) is 8.00. The van der Waals surface area contributed by atoms with Crippen LogP contribution in [-0.4, -0.2) is 18.6 Å². The number of nitrogens with zero attached hydrogens (tertiary/aromatic N) is 2. The highest BCUT2D eigenvalue weighted by atomic mass is 79.9. The maximum absolute atomic E-state index is 6.09. The molecule has 1 aliphatic rings. The third-order valence-electron chi connectivity index (χ3n) is 2.38. The minimum Gasteiger partial charge on any atom is -0.358 e. The van der Waals surface area contributed by atoms with E-state index in [9.17, 15) is 0 Å². The standard InChI is InChI=1S/C10H12BrClN2/c1-14(6-7-2-3-7)10-9(12)4-8(11)5-13-10/h4-5,7H,2-3,6H2,1H3. The van der Waals surface area contributed by atoms with Crippen LogP contribution in [-0.2, 0) is 0 Å². The summed E-state index contributed by atoms with van der Waals surface area (Å²) in [6.07, 6.45) is 4.47. The van der Waals surface area contributed by atoms with Crippen molar-refractivity contribution < 1.29 is 0 Å². The second-order valence-electron chi connectivity index (χ2n) is 3.78. The second kappa shape index (κ2) is 4.07. The monoisotopic (exact) mass is 274 g/mol. The summed E-state index contributed by atoms with van der Waals surface area (Å²) in [6, 6.07) is 1.88. The van der Waals surface area contributed by atoms with E-state index < -0.39 is 0 Å². The van der Waals surface area contributed by atoms with Gasteiger partial charge in [0.25, 0.3) is 0 Å². The average Bonchev–Trinajstić information content (AvgIpc) is 2.87. The van der Waals surface area contributed by atoms with E-state index in [4.69, 9.17) is 11.6 Å². The fourth-order valence-electron chi connectivity index (χ4n) is 1.46. The first-order valence-electron chi connectivity index (χ1n) is 4.69. The van der Waals surface area contributed by atoms with Crippen molar-refractivity contribution in [2.75, 3.05) is 18.5 Å². The van der Waals surface area contributed by atoms with Crippen LogP contribution in [0.5, 0.6) is 0 Å². The molecule has 1 aromatic heterocycles. The van der Waals surface area contributed by atoms with Gasteiger partial charge in [0.1, 0.15) is 5.82 Å². The van der Waals surface area contributed by atoms with Crippen molar-refractivity contribution in [1.82, 2.24) is 4.98 Å². The topological polar surface area (TPSA) is 16.1 Å². The first-order chi connectivity index (χ1) is 6.66. The molecular weight excluding hydrogens is 263 g/mol. The van der Waals surface area contributed by atoms with Crippen molar-refractivity contribution in [3.8, 4) is 0 Å². The van der Waals surface area contributed by atoms with Crippen LogP contribution in [0.3, 0.4) is 0 Å². The van der Waals surface area contributed by atoms with Gasteiger partial charge in [-0.2, -0.15) is 0 Å². The first-order valence-corrected chi connectivity index (χ1v) is 5.86. The van der Waals surface area contributed by atoms with Crippen molar-refractivity contribution in [2.24, 2.45) is 5.92 Å². The van der Waals surface area contributed by atoms with Gasteiger partial charge in [-0.05, 0) is 40.8 Å². The smallest absolute Gasteiger partial charge is 0.147 e. The molecule has 0 radical (unpaired) electrons. The molecule has 0 N–H and O–H groups in total. The van der Waals surface area contributed by atoms with Crippen LogP contribution >= 0.6 is 27.5 Å². The third-order valence-corrected chi connectivity index (χ3v) is 3.09. The largest absolute Gasteiger partial charge is 0.358 e. The summed E-state index contributed by atoms with van der Waals surface area (Å²) in [7, 11) is 2.04. The van der Waals surface area contributed by atoms with Gasteiger partial charge in [-0.1, -0.05) is 11.6 Å². The summed E-state index contributed by atoms with van der Waals surface area (Å²) in [5.41, 5.74) is 0. The molecule has 4 heteroatoms. The Balaban J connectivity index is 2.13. The van der Waals surface area contributed by atoms with E-state index in [2.05, 4.69) is 25.8 Å². The molecule has 2 rings (SSSR count). The summed E-state index contributed by atoms with van der Waals surface area (Å²) in [5.74, 6) is 1.73. The number of hydrogen-bond donors (Lipinski definition) is 0. The maximum Gasteiger partial charge on any atom is 0.147 e. The highest BCUT2D eigenvalue weighted by molar-refractivity contribution is 9.10. The zero-order chi connectivity index (χ0) is 10.1. The van der Waals surface area contributed by atoms with Crippen molar-refractivity contribution in [3.63, 3.8) is 0 Å². The quantitative estimate of drug-likeness (QED) is 0.841. The van der Waals surface area contributed by atoms with Crippen molar-refractivity contribution in [1.29, 1.82) is 0 Å². The molecule has 0 atom stereocenters. The van der Waals surface area contributed by atoms with Crippen LogP contribution in [0.25, 0.3) is 0 Å². The Hall–Kier alpha value is -0.280. The fraction of sp³-hybridized carbons (Fsp3) is 0.500. The van der Waals surface area contributed by atoms with Crippen LogP contribution in [0.1, 0.15) is 12.8 Å². The van der Waals surface area contributed by atoms with Gasteiger partial charge in [0.2, 0.25) is 0 Å². The zero-order valence-corrected chi connectivity index (χ0v) is 10.3. The number of halogens is 2. The Morgan fingerprint density at radius 3 is 2.93 bits per heavy atom. The summed E-state index contributed by atoms with van der Waals surface area (Å²) < 4.78 is 0.922. The Labute approximate surface area is 97.4 Å². The predicted molar refractivity (Wildman–Crippen MR) is 62.9 cm³/mol. The van der Waals surface area contributed by atoms with E-state index in [1.807, 2.05) is 13.1 Å². The van der Waals surface area contributed by atoms with Gasteiger partial charge in [0.15, 0.2) is 0 Å². The molecule has 76 valence electrons. The molecule has 0 aliphatic heterocycles. The lowest BCUT2D eigenvalue weighted by Crippen LogP contribution is -2.21. The Morgan fingerprint density at radius 1 is 1.64 bits per heavy atom. The van der Waals surface area contributed by atoms with Crippen molar-refractivity contribution >= 4 is 33.3 Å². The third kappa shape index (κ3) is 2.39. The molecule has 1 aromatic rings. The molecule has 2 nitrogen and oxygen atoms in total. The van der Waals surface area contributed by atoms with E-state index in [0.29, 0.717) is 5.02 Å². The lowest BCUT2D eigenvalue weighted by atomic mass is 10.3. The molecule has 0 amide bonds. The SMILES string of the molecule is CN(CC1CC1)c1ncc(Br)cc1Cl. The van der Waals surface area contributed by atoms with E-state index in [0.717, 1.165) is 22.8 Å². The minimum absolute atomic E-state index is 0.711. The molecule has 0 bridgehead atoms. The minimum atomic E-state index is 0.711. The number of anilines is 1. The van der Waals surface area contributed by atoms with Gasteiger partial charge < -0.3 is 4.90 Å². The van der Waals surface area contributed by atoms with Gasteiger partial charge in [0, 0.05) is 24.3 Å². The molecule has 0 aromatic carbocycles. The molecule has 14 heavy (non-hydrogen) atoms. The van der Waals surface area contributed by atoms with Gasteiger partial charge in [-0.15, -0.1) is 0 Å². The molecule has 1 saturated carbocycles. The summed E-state index contributed by atoms with van der Waals surface area (Å²) in [5, 5.41) is 0.711. The maximum atomic E-state index is 6.09. The Kier molecular flexibility index (Phi) is 2.98. The average molecular weight is 276 g/mol. The van der Waals surface area contributed by atoms with E-state index in [-0.39, 0.29) is 0 Å². The van der Waals surface area contributed by atoms with E-state index in [1.165, 1.54) is 12.8 Å². The van der Waals surface area contributed by atoms with Gasteiger partial charge >= 0.3 is 0 Å². The van der Waals surface area contributed by atoms with Crippen molar-refractivity contribution in [3.05, 3.63) is 21.8 Å². The second-order valence-corrected chi connectivity index (χ2v) is 5.11. The molecule has 1 fully saturated rings. The predicted octanol–water partition coefficient (Wildman–Crippen LogP) is 3.34. The Bertz CT molecular complexity index is 339. The number of rotatable bonds is 3. The van der Waals surface area contributed by atoms with Gasteiger partial charge in [0.05, 0.1) is 5.02 Å². The summed E-state index contributed by atoms with van der Waals surface area (Å²) >= 11 is 9.44. The fourth-order valence-corrected chi connectivity index (χ4v) is 2.24. The molecule has 0 unspecified atom stereocenters. The summed E-state index contributed by atoms with van der Waals surface area (Å²) in [4.78, 5) is 6.44. The van der Waals surface area contributed by atoms with Crippen LogP contribution in [0.2, 0.25) is 5.02 Å². The lowest BCUT2D eigenvalue weighted by Gasteiger charge is -2.18. The number of pyridine rings is 1. The number of hydrogen-bond acceptors (Lipinski definition) is 2. The molecule has 1 heterocycles. The number of aromatic nitrogens is 1. The highest BCUT2D eigenvalue weighted by Gasteiger charge is 2.24. The van der Waals surface area contributed by atoms with Gasteiger partial charge in [-0.25, -0.2) is 4.98 Å². The molecule has 1 aliphatic carbocycles. The first kappa shape index (κ1) is 10.2. The highest BCUT2D eigenvalue weighted by Crippen LogP contribution is 2.32. The van der Waals surface area contributed by atoms with Crippen LogP contribution in [0, 0.1) is 5.92 Å². The molecule has 0 spiro atoms.